The molecule has 2 N–H and O–H groups in total. The Morgan fingerprint density at radius 1 is 1.18 bits per heavy atom. The largest absolute Gasteiger partial charge is 0.474 e. The summed E-state index contributed by atoms with van der Waals surface area (Å²) in [4.78, 5) is 16.3. The molecule has 1 aliphatic rings. The van der Waals surface area contributed by atoms with Gasteiger partial charge in [0.05, 0.1) is 12.1 Å². The van der Waals surface area contributed by atoms with Crippen LogP contribution in [-0.4, -0.2) is 23.5 Å². The Labute approximate surface area is 161 Å². The molecule has 0 atom stereocenters. The molecule has 1 saturated carbocycles. The number of carbonyl (C=O) groups excluding carboxylic acids is 1. The van der Waals surface area contributed by atoms with Crippen LogP contribution in [0.2, 0.25) is 0 Å². The molecule has 0 aliphatic heterocycles. The molecule has 0 unspecified atom stereocenters. The summed E-state index contributed by atoms with van der Waals surface area (Å²) in [5.41, 5.74) is 0.236. The molecule has 0 spiro atoms. The molecule has 1 aliphatic carbocycles. The minimum Gasteiger partial charge on any atom is -0.474 e. The van der Waals surface area contributed by atoms with Crippen molar-refractivity contribution in [3.05, 3.63) is 53.7 Å². The monoisotopic (exact) mass is 393 g/mol. The molecule has 1 aromatic carbocycles. The van der Waals surface area contributed by atoms with Gasteiger partial charge in [-0.25, -0.2) is 4.98 Å². The van der Waals surface area contributed by atoms with Gasteiger partial charge < -0.3 is 15.4 Å². The number of benzene rings is 1. The predicted octanol–water partition coefficient (Wildman–Crippen LogP) is 4.15. The highest BCUT2D eigenvalue weighted by Crippen LogP contribution is 2.30. The van der Waals surface area contributed by atoms with E-state index in [-0.39, 0.29) is 30.8 Å². The van der Waals surface area contributed by atoms with Crippen LogP contribution in [0.1, 0.15) is 36.8 Å². The fraction of sp³-hybridized carbons (Fsp3) is 0.400. The Morgan fingerprint density at radius 3 is 2.71 bits per heavy atom. The average Bonchev–Trinajstić information content (AvgIpc) is 3.18. The molecule has 0 bridgehead atoms. The highest BCUT2D eigenvalue weighted by Gasteiger charge is 2.30. The summed E-state index contributed by atoms with van der Waals surface area (Å²) in [5, 5.41) is 5.44. The molecule has 2 aromatic rings. The quantitative estimate of drug-likeness (QED) is 0.742. The van der Waals surface area contributed by atoms with Crippen LogP contribution >= 0.6 is 0 Å². The normalized spacial score (nSPS) is 14.7. The number of nitrogens with one attached hydrogen (secondary N) is 2. The van der Waals surface area contributed by atoms with Gasteiger partial charge in [0.15, 0.2) is 0 Å². The lowest BCUT2D eigenvalue weighted by molar-refractivity contribution is -0.137. The molecular weight excluding hydrogens is 371 g/mol. The molecule has 1 fully saturated rings. The summed E-state index contributed by atoms with van der Waals surface area (Å²) >= 11 is 0. The van der Waals surface area contributed by atoms with Gasteiger partial charge >= 0.3 is 6.18 Å². The van der Waals surface area contributed by atoms with Crippen molar-refractivity contribution >= 4 is 11.6 Å². The van der Waals surface area contributed by atoms with E-state index in [1.54, 1.807) is 12.3 Å². The Kier molecular flexibility index (Phi) is 6.38. The summed E-state index contributed by atoms with van der Waals surface area (Å²) in [6, 6.07) is 8.34. The maximum Gasteiger partial charge on any atom is 0.416 e. The van der Waals surface area contributed by atoms with Crippen molar-refractivity contribution in [3.63, 3.8) is 0 Å². The van der Waals surface area contributed by atoms with Crippen molar-refractivity contribution in [3.8, 4) is 5.88 Å². The number of carbonyl (C=O) groups is 1. The first-order chi connectivity index (χ1) is 13.4. The SMILES string of the molecule is O=C(CNc1cccc(C(F)(F)F)c1)NCc1cccnc1OC1CCCC1. The number of pyridine rings is 1. The molecule has 3 rings (SSSR count). The fourth-order valence-corrected chi connectivity index (χ4v) is 3.07. The van der Waals surface area contributed by atoms with Crippen molar-refractivity contribution in [2.24, 2.45) is 0 Å². The predicted molar refractivity (Wildman–Crippen MR) is 98.9 cm³/mol. The molecule has 150 valence electrons. The van der Waals surface area contributed by atoms with E-state index in [1.807, 2.05) is 6.07 Å². The first kappa shape index (κ1) is 20.0. The van der Waals surface area contributed by atoms with Gasteiger partial charge in [-0.2, -0.15) is 13.2 Å². The molecule has 1 aromatic heterocycles. The van der Waals surface area contributed by atoms with Crippen LogP contribution in [0.5, 0.6) is 5.88 Å². The Balaban J connectivity index is 1.51. The minimum atomic E-state index is -4.42. The smallest absolute Gasteiger partial charge is 0.416 e. The number of rotatable bonds is 7. The summed E-state index contributed by atoms with van der Waals surface area (Å²) < 4.78 is 44.1. The van der Waals surface area contributed by atoms with Crippen LogP contribution in [0.25, 0.3) is 0 Å². The van der Waals surface area contributed by atoms with Gasteiger partial charge in [-0.1, -0.05) is 12.1 Å². The number of halogens is 3. The molecule has 0 saturated heterocycles. The van der Waals surface area contributed by atoms with Gasteiger partial charge in [0, 0.05) is 24.0 Å². The Morgan fingerprint density at radius 2 is 1.96 bits per heavy atom. The fourth-order valence-electron chi connectivity index (χ4n) is 3.07. The number of hydrogen-bond donors (Lipinski definition) is 2. The zero-order valence-electron chi connectivity index (χ0n) is 15.3. The number of hydrogen-bond acceptors (Lipinski definition) is 4. The third-order valence-electron chi connectivity index (χ3n) is 4.55. The number of amides is 1. The number of alkyl halides is 3. The number of nitrogens with zero attached hydrogens (tertiary/aromatic N) is 1. The van der Waals surface area contributed by atoms with Crippen molar-refractivity contribution in [2.75, 3.05) is 11.9 Å². The third-order valence-corrected chi connectivity index (χ3v) is 4.55. The molecule has 8 heteroatoms. The molecule has 0 radical (unpaired) electrons. The van der Waals surface area contributed by atoms with E-state index < -0.39 is 11.7 Å². The highest BCUT2D eigenvalue weighted by molar-refractivity contribution is 5.80. The first-order valence-corrected chi connectivity index (χ1v) is 9.20. The lowest BCUT2D eigenvalue weighted by Gasteiger charge is -2.15. The zero-order chi connectivity index (χ0) is 20.0. The van der Waals surface area contributed by atoms with Crippen LogP contribution in [0.4, 0.5) is 18.9 Å². The second kappa shape index (κ2) is 8.95. The van der Waals surface area contributed by atoms with Gasteiger partial charge in [0.1, 0.15) is 6.10 Å². The maximum absolute atomic E-state index is 12.7. The van der Waals surface area contributed by atoms with Crippen molar-refractivity contribution in [2.45, 2.75) is 44.5 Å². The maximum atomic E-state index is 12.7. The van der Waals surface area contributed by atoms with Crippen molar-refractivity contribution in [1.29, 1.82) is 0 Å². The van der Waals surface area contributed by atoms with E-state index in [1.165, 1.54) is 12.1 Å². The van der Waals surface area contributed by atoms with Gasteiger partial charge in [-0.15, -0.1) is 0 Å². The van der Waals surface area contributed by atoms with Crippen LogP contribution < -0.4 is 15.4 Å². The van der Waals surface area contributed by atoms with E-state index in [0.29, 0.717) is 5.88 Å². The molecule has 1 amide bonds. The van der Waals surface area contributed by atoms with Crippen LogP contribution in [0.15, 0.2) is 42.6 Å². The lowest BCUT2D eigenvalue weighted by Crippen LogP contribution is -2.29. The summed E-state index contributed by atoms with van der Waals surface area (Å²) in [5.74, 6) is 0.175. The van der Waals surface area contributed by atoms with Gasteiger partial charge in [0.25, 0.3) is 0 Å². The Bertz CT molecular complexity index is 805. The van der Waals surface area contributed by atoms with E-state index in [9.17, 15) is 18.0 Å². The number of aromatic nitrogens is 1. The van der Waals surface area contributed by atoms with Gasteiger partial charge in [0.2, 0.25) is 11.8 Å². The van der Waals surface area contributed by atoms with Gasteiger partial charge in [-0.3, -0.25) is 4.79 Å². The van der Waals surface area contributed by atoms with Crippen LogP contribution in [-0.2, 0) is 17.5 Å². The van der Waals surface area contributed by atoms with E-state index >= 15 is 0 Å². The van der Waals surface area contributed by atoms with E-state index in [4.69, 9.17) is 4.74 Å². The highest BCUT2D eigenvalue weighted by atomic mass is 19.4. The lowest BCUT2D eigenvalue weighted by atomic mass is 10.2. The topological polar surface area (TPSA) is 63.2 Å². The summed E-state index contributed by atoms with van der Waals surface area (Å²) in [6.07, 6.45) is 1.68. The van der Waals surface area contributed by atoms with E-state index in [0.717, 1.165) is 43.4 Å². The summed E-state index contributed by atoms with van der Waals surface area (Å²) in [7, 11) is 0. The van der Waals surface area contributed by atoms with Gasteiger partial charge in [-0.05, 0) is 49.9 Å². The molecule has 1 heterocycles. The van der Waals surface area contributed by atoms with Crippen LogP contribution in [0, 0.1) is 0 Å². The molecule has 5 nitrogen and oxygen atoms in total. The second-order valence-corrected chi connectivity index (χ2v) is 6.70. The third kappa shape index (κ3) is 5.61. The van der Waals surface area contributed by atoms with Crippen LogP contribution in [0.3, 0.4) is 0 Å². The molecule has 28 heavy (non-hydrogen) atoms. The minimum absolute atomic E-state index is 0.139. The second-order valence-electron chi connectivity index (χ2n) is 6.70. The molecular formula is C20H22F3N3O2. The number of anilines is 1. The standard InChI is InChI=1S/C20H22F3N3O2/c21-20(22,23)15-6-3-7-16(11-15)25-13-18(27)26-12-14-5-4-10-24-19(14)28-17-8-1-2-9-17/h3-7,10-11,17,25H,1-2,8-9,12-13H2,(H,26,27). The number of ether oxygens (including phenoxy) is 1. The Hall–Kier alpha value is -2.77. The van der Waals surface area contributed by atoms with E-state index in [2.05, 4.69) is 15.6 Å². The average molecular weight is 393 g/mol. The van der Waals surface area contributed by atoms with Crippen molar-refractivity contribution in [1.82, 2.24) is 10.3 Å². The zero-order valence-corrected chi connectivity index (χ0v) is 15.3. The van der Waals surface area contributed by atoms with Crippen molar-refractivity contribution < 1.29 is 22.7 Å². The summed E-state index contributed by atoms with van der Waals surface area (Å²) in [6.45, 7) is 0.0966. The first-order valence-electron chi connectivity index (χ1n) is 9.20.